The zero-order valence-corrected chi connectivity index (χ0v) is 16.8. The van der Waals surface area contributed by atoms with Crippen molar-refractivity contribution < 1.29 is 18.6 Å². The summed E-state index contributed by atoms with van der Waals surface area (Å²) in [5.74, 6) is 1.51. The first-order valence-corrected chi connectivity index (χ1v) is 10.4. The average Bonchev–Trinajstić information content (AvgIpc) is 2.72. The highest BCUT2D eigenvalue weighted by Gasteiger charge is 2.39. The maximum absolute atomic E-state index is 14.1. The molecule has 1 aliphatic heterocycles. The molecule has 1 saturated heterocycles. The van der Waals surface area contributed by atoms with Crippen LogP contribution in [0.25, 0.3) is 0 Å². The number of hydrogen-bond acceptors (Lipinski definition) is 5. The fourth-order valence-electron chi connectivity index (χ4n) is 3.13. The number of benzene rings is 2. The van der Waals surface area contributed by atoms with Crippen molar-refractivity contribution in [3.63, 3.8) is 0 Å². The topological polar surface area (TPSA) is 63.3 Å². The Morgan fingerprint density at radius 1 is 0.778 bits per heavy atom. The van der Waals surface area contributed by atoms with Gasteiger partial charge in [0.15, 0.2) is 0 Å². The van der Waals surface area contributed by atoms with Crippen LogP contribution in [-0.2, 0) is 9.09 Å². The number of nitrogens with zero attached hydrogens (tertiary/aromatic N) is 2. The molecule has 7 nitrogen and oxygen atoms in total. The molecule has 1 N–H and O–H groups in total. The van der Waals surface area contributed by atoms with Crippen LogP contribution in [0.15, 0.2) is 48.5 Å². The normalized spacial score (nSPS) is 17.1. The minimum absolute atomic E-state index is 0.560. The molecule has 8 heteroatoms. The number of ether oxygens (including phenoxy) is 2. The molecule has 0 radical (unpaired) electrons. The summed E-state index contributed by atoms with van der Waals surface area (Å²) in [5.41, 5.74) is 1.64. The van der Waals surface area contributed by atoms with Gasteiger partial charge in [0.05, 0.1) is 14.2 Å². The predicted molar refractivity (Wildman–Crippen MR) is 108 cm³/mol. The van der Waals surface area contributed by atoms with Crippen molar-refractivity contribution >= 4 is 19.0 Å². The van der Waals surface area contributed by atoms with Gasteiger partial charge in [-0.25, -0.2) is 4.57 Å². The van der Waals surface area contributed by atoms with Crippen molar-refractivity contribution in [3.05, 3.63) is 48.5 Å². The molecule has 0 atom stereocenters. The van der Waals surface area contributed by atoms with Crippen molar-refractivity contribution in [3.8, 4) is 11.5 Å². The lowest BCUT2D eigenvalue weighted by Crippen LogP contribution is -2.43. The van der Waals surface area contributed by atoms with Gasteiger partial charge in [-0.2, -0.15) is 0 Å². The number of nitrogens with one attached hydrogen (secondary N) is 1. The summed E-state index contributed by atoms with van der Waals surface area (Å²) < 4.78 is 33.9. The molecule has 1 heterocycles. The highest BCUT2D eigenvalue weighted by atomic mass is 31.2. The van der Waals surface area contributed by atoms with E-state index >= 15 is 0 Å². The van der Waals surface area contributed by atoms with Gasteiger partial charge < -0.3 is 19.3 Å². The van der Waals surface area contributed by atoms with E-state index in [-0.39, 0.29) is 0 Å². The van der Waals surface area contributed by atoms with Gasteiger partial charge in [0.1, 0.15) is 11.5 Å². The van der Waals surface area contributed by atoms with E-state index in [9.17, 15) is 4.57 Å². The van der Waals surface area contributed by atoms with Gasteiger partial charge >= 0.3 is 7.67 Å². The fraction of sp³-hybridized carbons (Fsp3) is 0.368. The molecule has 0 bridgehead atoms. The summed E-state index contributed by atoms with van der Waals surface area (Å²) in [6.45, 7) is 2.56. The number of hydrogen-bond donors (Lipinski definition) is 1. The Hall–Kier alpha value is -2.21. The van der Waals surface area contributed by atoms with Gasteiger partial charge in [-0.1, -0.05) is 0 Å². The Bertz CT molecular complexity index is 721. The summed E-state index contributed by atoms with van der Waals surface area (Å²) in [5, 5.41) is 3.38. The third-order valence-corrected chi connectivity index (χ3v) is 7.15. The molecule has 0 aliphatic carbocycles. The van der Waals surface area contributed by atoms with E-state index in [0.717, 1.165) is 36.0 Å². The molecule has 1 fully saturated rings. The molecular formula is C19H26N3O4P. The summed E-state index contributed by atoms with van der Waals surface area (Å²) in [6.07, 6.45) is 0. The molecule has 146 valence electrons. The molecule has 2 aromatic rings. The third-order valence-electron chi connectivity index (χ3n) is 4.59. The summed E-state index contributed by atoms with van der Waals surface area (Å²) in [4.78, 5) is 0. The second-order valence-electron chi connectivity index (χ2n) is 6.07. The van der Waals surface area contributed by atoms with E-state index in [4.69, 9.17) is 14.0 Å². The first kappa shape index (κ1) is 19.5. The summed E-state index contributed by atoms with van der Waals surface area (Å²) in [7, 11) is 1.42. The molecule has 0 unspecified atom stereocenters. The summed E-state index contributed by atoms with van der Waals surface area (Å²) >= 11 is 0. The quantitative estimate of drug-likeness (QED) is 0.784. The highest BCUT2D eigenvalue weighted by molar-refractivity contribution is 7.62. The third kappa shape index (κ3) is 4.05. The van der Waals surface area contributed by atoms with Crippen molar-refractivity contribution in [2.45, 2.75) is 0 Å². The van der Waals surface area contributed by atoms with Crippen LogP contribution in [0.5, 0.6) is 11.5 Å². The van der Waals surface area contributed by atoms with Crippen LogP contribution in [0.4, 0.5) is 11.4 Å². The zero-order chi connectivity index (χ0) is 19.3. The van der Waals surface area contributed by atoms with Crippen LogP contribution >= 0.6 is 7.67 Å². The molecule has 0 spiro atoms. The largest absolute Gasteiger partial charge is 0.497 e. The van der Waals surface area contributed by atoms with E-state index in [1.54, 1.807) is 14.2 Å². The Labute approximate surface area is 160 Å². The Balaban J connectivity index is 2.01. The first-order valence-electron chi connectivity index (χ1n) is 8.83. The van der Waals surface area contributed by atoms with Crippen LogP contribution in [0.2, 0.25) is 0 Å². The van der Waals surface area contributed by atoms with Gasteiger partial charge in [-0.05, 0) is 48.5 Å². The molecule has 3 rings (SSSR count). The number of anilines is 2. The highest BCUT2D eigenvalue weighted by Crippen LogP contribution is 2.57. The van der Waals surface area contributed by atoms with Crippen molar-refractivity contribution in [2.24, 2.45) is 0 Å². The molecule has 0 amide bonds. The molecular weight excluding hydrogens is 365 g/mol. The molecule has 1 aliphatic rings. The smallest absolute Gasteiger partial charge is 0.396 e. The maximum atomic E-state index is 14.1. The lowest BCUT2D eigenvalue weighted by atomic mass is 10.3. The van der Waals surface area contributed by atoms with Gasteiger partial charge in [0.25, 0.3) is 0 Å². The standard InChI is InChI=1S/C19H26N3O4P/c1-24-18-8-4-16(5-9-18)21-14-12-20-13-15-22(27(21,23)26-3)17-6-10-19(25-2)11-7-17/h4-11,20H,12-15H2,1-3H3. The Kier molecular flexibility index (Phi) is 6.26. The van der Waals surface area contributed by atoms with E-state index in [1.165, 1.54) is 7.11 Å². The fourth-order valence-corrected chi connectivity index (χ4v) is 5.34. The lowest BCUT2D eigenvalue weighted by Gasteiger charge is -2.41. The van der Waals surface area contributed by atoms with Gasteiger partial charge in [0.2, 0.25) is 0 Å². The Morgan fingerprint density at radius 3 is 1.52 bits per heavy atom. The molecule has 0 saturated carbocycles. The molecule has 0 aromatic heterocycles. The van der Waals surface area contributed by atoms with Crippen LogP contribution in [0.1, 0.15) is 0 Å². The minimum Gasteiger partial charge on any atom is -0.497 e. The zero-order valence-electron chi connectivity index (χ0n) is 15.9. The number of rotatable bonds is 5. The second-order valence-corrected chi connectivity index (χ2v) is 8.38. The average molecular weight is 391 g/mol. The van der Waals surface area contributed by atoms with Crippen LogP contribution < -0.4 is 24.1 Å². The van der Waals surface area contributed by atoms with E-state index in [1.807, 2.05) is 57.9 Å². The van der Waals surface area contributed by atoms with Gasteiger partial charge in [0, 0.05) is 44.7 Å². The van der Waals surface area contributed by atoms with Crippen LogP contribution in [-0.4, -0.2) is 47.5 Å². The second kappa shape index (κ2) is 8.65. The molecule has 27 heavy (non-hydrogen) atoms. The van der Waals surface area contributed by atoms with Crippen LogP contribution in [0.3, 0.4) is 0 Å². The predicted octanol–water partition coefficient (Wildman–Crippen LogP) is 3.37. The van der Waals surface area contributed by atoms with Crippen molar-refractivity contribution in [1.29, 1.82) is 0 Å². The summed E-state index contributed by atoms with van der Waals surface area (Å²) in [6, 6.07) is 15.0. The maximum Gasteiger partial charge on any atom is 0.396 e. The SMILES string of the molecule is COc1ccc(N2CCNCCN(c3ccc(OC)cc3)P2(=O)OC)cc1. The molecule has 2 aromatic carbocycles. The monoisotopic (exact) mass is 391 g/mol. The van der Waals surface area contributed by atoms with Gasteiger partial charge in [-0.15, -0.1) is 0 Å². The van der Waals surface area contributed by atoms with Gasteiger partial charge in [-0.3, -0.25) is 9.34 Å². The minimum atomic E-state index is -3.33. The number of methoxy groups -OCH3 is 2. The van der Waals surface area contributed by atoms with Crippen molar-refractivity contribution in [2.75, 3.05) is 56.8 Å². The lowest BCUT2D eigenvalue weighted by molar-refractivity contribution is 0.382. The van der Waals surface area contributed by atoms with E-state index in [2.05, 4.69) is 5.32 Å². The first-order chi connectivity index (χ1) is 13.1. The van der Waals surface area contributed by atoms with Crippen molar-refractivity contribution in [1.82, 2.24) is 5.32 Å². The van der Waals surface area contributed by atoms with Crippen LogP contribution in [0, 0.1) is 0 Å². The van der Waals surface area contributed by atoms with E-state index in [0.29, 0.717) is 13.1 Å². The Morgan fingerprint density at radius 2 is 1.19 bits per heavy atom. The van der Waals surface area contributed by atoms with E-state index < -0.39 is 7.67 Å².